The lowest BCUT2D eigenvalue weighted by Gasteiger charge is -2.26. The van der Waals surface area contributed by atoms with Crippen molar-refractivity contribution in [3.63, 3.8) is 0 Å². The second kappa shape index (κ2) is 7.94. The zero-order valence-corrected chi connectivity index (χ0v) is 13.8. The van der Waals surface area contributed by atoms with Crippen LogP contribution in [0, 0.1) is 5.41 Å². The molecule has 0 aliphatic carbocycles. The first-order valence-electron chi connectivity index (χ1n) is 7.52. The molecule has 0 heterocycles. The van der Waals surface area contributed by atoms with Crippen LogP contribution in [-0.2, 0) is 14.3 Å². The van der Waals surface area contributed by atoms with Crippen molar-refractivity contribution in [2.24, 2.45) is 11.1 Å². The van der Waals surface area contributed by atoms with E-state index in [2.05, 4.69) is 5.32 Å². The molecule has 1 amide bonds. The van der Waals surface area contributed by atoms with E-state index in [0.29, 0.717) is 6.61 Å². The van der Waals surface area contributed by atoms with Gasteiger partial charge >= 0.3 is 5.97 Å². The average molecular weight is 306 g/mol. The number of hydrogen-bond acceptors (Lipinski definition) is 4. The molecule has 0 fully saturated rings. The first-order chi connectivity index (χ1) is 10.3. The van der Waals surface area contributed by atoms with Crippen LogP contribution >= 0.6 is 0 Å². The molecule has 0 saturated carbocycles. The zero-order valence-electron chi connectivity index (χ0n) is 13.8. The number of hydrogen-bond donors (Lipinski definition) is 2. The van der Waals surface area contributed by atoms with Gasteiger partial charge in [-0.2, -0.15) is 0 Å². The summed E-state index contributed by atoms with van der Waals surface area (Å²) in [6, 6.07) is 8.63. The van der Waals surface area contributed by atoms with Crippen LogP contribution in [0.25, 0.3) is 0 Å². The minimum absolute atomic E-state index is 0.172. The fourth-order valence-corrected chi connectivity index (χ4v) is 1.97. The molecule has 5 heteroatoms. The quantitative estimate of drug-likeness (QED) is 0.786. The minimum atomic E-state index is -0.633. The molecule has 1 rings (SSSR count). The Morgan fingerprint density at radius 1 is 1.23 bits per heavy atom. The van der Waals surface area contributed by atoms with Gasteiger partial charge in [-0.15, -0.1) is 0 Å². The van der Waals surface area contributed by atoms with Crippen molar-refractivity contribution in [3.05, 3.63) is 35.9 Å². The summed E-state index contributed by atoms with van der Waals surface area (Å²) in [7, 11) is 0. The number of carbonyl (C=O) groups excluding carboxylic acids is 2. The summed E-state index contributed by atoms with van der Waals surface area (Å²) in [5.41, 5.74) is 6.40. The van der Waals surface area contributed by atoms with E-state index < -0.39 is 12.0 Å². The van der Waals surface area contributed by atoms with Gasteiger partial charge in [0.05, 0.1) is 18.6 Å². The number of amides is 1. The predicted molar refractivity (Wildman–Crippen MR) is 86.3 cm³/mol. The monoisotopic (exact) mass is 306 g/mol. The Bertz CT molecular complexity index is 494. The second-order valence-corrected chi connectivity index (χ2v) is 6.30. The first-order valence-corrected chi connectivity index (χ1v) is 7.52. The van der Waals surface area contributed by atoms with Crippen molar-refractivity contribution < 1.29 is 14.3 Å². The number of nitrogens with one attached hydrogen (secondary N) is 1. The lowest BCUT2D eigenvalue weighted by molar-refractivity contribution is -0.144. The standard InChI is InChI=1S/C17H26N2O3/c1-5-22-16(21)13(12-9-7-6-8-10-12)11-19-15(20)14(18)17(2,3)4/h6-10,13-14H,5,11,18H2,1-4H3,(H,19,20)/t13?,14-/m1/s1. The molecule has 0 aromatic heterocycles. The van der Waals surface area contributed by atoms with Crippen molar-refractivity contribution in [1.82, 2.24) is 5.32 Å². The Hall–Kier alpha value is -1.88. The van der Waals surface area contributed by atoms with E-state index in [1.54, 1.807) is 6.92 Å². The van der Waals surface area contributed by atoms with Crippen LogP contribution in [0.5, 0.6) is 0 Å². The summed E-state index contributed by atoms with van der Waals surface area (Å²) in [6.45, 7) is 7.93. The van der Waals surface area contributed by atoms with Gasteiger partial charge in [-0.05, 0) is 17.9 Å². The van der Waals surface area contributed by atoms with E-state index in [-0.39, 0.29) is 23.8 Å². The number of rotatable bonds is 6. The lowest BCUT2D eigenvalue weighted by Crippen LogP contribution is -2.49. The van der Waals surface area contributed by atoms with E-state index in [1.807, 2.05) is 51.1 Å². The van der Waals surface area contributed by atoms with Crippen molar-refractivity contribution in [3.8, 4) is 0 Å². The van der Waals surface area contributed by atoms with Crippen LogP contribution in [0.4, 0.5) is 0 Å². The summed E-state index contributed by atoms with van der Waals surface area (Å²) in [5, 5.41) is 2.76. The predicted octanol–water partition coefficient (Wildman–Crippen LogP) is 1.82. The van der Waals surface area contributed by atoms with Gasteiger partial charge in [-0.1, -0.05) is 51.1 Å². The molecule has 1 unspecified atom stereocenters. The maximum Gasteiger partial charge on any atom is 0.315 e. The highest BCUT2D eigenvalue weighted by Crippen LogP contribution is 2.19. The SMILES string of the molecule is CCOC(=O)C(CNC(=O)[C@@H](N)C(C)(C)C)c1ccccc1. The summed E-state index contributed by atoms with van der Waals surface area (Å²) >= 11 is 0. The molecule has 1 aromatic carbocycles. The molecule has 0 radical (unpaired) electrons. The molecule has 0 aliphatic heterocycles. The summed E-state index contributed by atoms with van der Waals surface area (Å²) < 4.78 is 5.10. The summed E-state index contributed by atoms with van der Waals surface area (Å²) in [6.07, 6.45) is 0. The molecule has 5 nitrogen and oxygen atoms in total. The van der Waals surface area contributed by atoms with Crippen LogP contribution in [0.15, 0.2) is 30.3 Å². The third-order valence-corrected chi connectivity index (χ3v) is 3.47. The molecular weight excluding hydrogens is 280 g/mol. The minimum Gasteiger partial charge on any atom is -0.465 e. The van der Waals surface area contributed by atoms with E-state index in [1.165, 1.54) is 0 Å². The van der Waals surface area contributed by atoms with E-state index in [9.17, 15) is 9.59 Å². The molecule has 0 bridgehead atoms. The Balaban J connectivity index is 2.78. The first kappa shape index (κ1) is 18.2. The number of benzene rings is 1. The zero-order chi connectivity index (χ0) is 16.8. The van der Waals surface area contributed by atoms with Crippen molar-refractivity contribution in [2.75, 3.05) is 13.2 Å². The van der Waals surface area contributed by atoms with Gasteiger partial charge in [0.25, 0.3) is 0 Å². The fourth-order valence-electron chi connectivity index (χ4n) is 1.97. The Labute approximate surface area is 132 Å². The summed E-state index contributed by atoms with van der Waals surface area (Å²) in [5.74, 6) is -1.15. The molecule has 0 saturated heterocycles. The smallest absolute Gasteiger partial charge is 0.315 e. The molecule has 0 spiro atoms. The Morgan fingerprint density at radius 3 is 2.32 bits per heavy atom. The lowest BCUT2D eigenvalue weighted by atomic mass is 9.87. The van der Waals surface area contributed by atoms with Gasteiger partial charge in [-0.3, -0.25) is 9.59 Å². The van der Waals surface area contributed by atoms with E-state index >= 15 is 0 Å². The number of carbonyl (C=O) groups is 2. The van der Waals surface area contributed by atoms with Gasteiger partial charge in [0.1, 0.15) is 0 Å². The van der Waals surface area contributed by atoms with E-state index in [4.69, 9.17) is 10.5 Å². The molecule has 1 aromatic rings. The van der Waals surface area contributed by atoms with Crippen LogP contribution in [0.3, 0.4) is 0 Å². The van der Waals surface area contributed by atoms with Gasteiger partial charge in [-0.25, -0.2) is 0 Å². The van der Waals surface area contributed by atoms with Gasteiger partial charge in [0.15, 0.2) is 0 Å². The molecular formula is C17H26N2O3. The van der Waals surface area contributed by atoms with Crippen LogP contribution in [-0.4, -0.2) is 31.1 Å². The summed E-state index contributed by atoms with van der Waals surface area (Å²) in [4.78, 5) is 24.2. The number of nitrogens with two attached hydrogens (primary N) is 1. The molecule has 3 N–H and O–H groups in total. The van der Waals surface area contributed by atoms with Crippen LogP contribution < -0.4 is 11.1 Å². The maximum absolute atomic E-state index is 12.1. The maximum atomic E-state index is 12.1. The fraction of sp³-hybridized carbons (Fsp3) is 0.529. The van der Waals surface area contributed by atoms with Gasteiger partial charge < -0.3 is 15.8 Å². The Kier molecular flexibility index (Phi) is 6.56. The van der Waals surface area contributed by atoms with Gasteiger partial charge in [0.2, 0.25) is 5.91 Å². The van der Waals surface area contributed by atoms with Crippen molar-refractivity contribution in [2.45, 2.75) is 39.7 Å². The van der Waals surface area contributed by atoms with Gasteiger partial charge in [0, 0.05) is 6.54 Å². The third-order valence-electron chi connectivity index (χ3n) is 3.47. The van der Waals surface area contributed by atoms with E-state index in [0.717, 1.165) is 5.56 Å². The molecule has 0 aliphatic rings. The highest BCUT2D eigenvalue weighted by molar-refractivity contribution is 5.84. The third kappa shape index (κ3) is 5.15. The second-order valence-electron chi connectivity index (χ2n) is 6.30. The number of esters is 1. The van der Waals surface area contributed by atoms with Crippen LogP contribution in [0.1, 0.15) is 39.2 Å². The number of ether oxygens (including phenoxy) is 1. The normalized spacial score (nSPS) is 14.0. The highest BCUT2D eigenvalue weighted by Gasteiger charge is 2.29. The Morgan fingerprint density at radius 2 is 1.82 bits per heavy atom. The molecule has 122 valence electrons. The topological polar surface area (TPSA) is 81.4 Å². The molecule has 22 heavy (non-hydrogen) atoms. The van der Waals surface area contributed by atoms with Crippen molar-refractivity contribution >= 4 is 11.9 Å². The largest absolute Gasteiger partial charge is 0.465 e. The highest BCUT2D eigenvalue weighted by atomic mass is 16.5. The average Bonchev–Trinajstić information content (AvgIpc) is 2.47. The molecule has 2 atom stereocenters. The van der Waals surface area contributed by atoms with Crippen molar-refractivity contribution in [1.29, 1.82) is 0 Å². The van der Waals surface area contributed by atoms with Crippen LogP contribution in [0.2, 0.25) is 0 Å².